The van der Waals surface area contributed by atoms with Crippen molar-refractivity contribution in [2.45, 2.75) is 57.1 Å². The second-order valence-electron chi connectivity index (χ2n) is 12.1. The molecule has 2 amide bonds. The molecule has 0 aliphatic carbocycles. The molecule has 12 heteroatoms. The summed E-state index contributed by atoms with van der Waals surface area (Å²) in [5, 5.41) is 3.60. The van der Waals surface area contributed by atoms with Gasteiger partial charge in [0.25, 0.3) is 10.0 Å². The second-order valence-corrected chi connectivity index (χ2v) is 15.5. The van der Waals surface area contributed by atoms with Gasteiger partial charge in [-0.2, -0.15) is 0 Å². The van der Waals surface area contributed by atoms with Crippen LogP contribution in [0.25, 0.3) is 0 Å². The molecule has 0 saturated heterocycles. The molecule has 0 saturated carbocycles. The van der Waals surface area contributed by atoms with Crippen molar-refractivity contribution in [3.63, 3.8) is 0 Å². The van der Waals surface area contributed by atoms with E-state index in [-0.39, 0.29) is 43.6 Å². The first-order valence-corrected chi connectivity index (χ1v) is 17.7. The van der Waals surface area contributed by atoms with Crippen molar-refractivity contribution in [1.82, 2.24) is 10.2 Å². The van der Waals surface area contributed by atoms with Crippen LogP contribution in [0.5, 0.6) is 0 Å². The number of rotatable bonds is 11. The van der Waals surface area contributed by atoms with Gasteiger partial charge in [-0.1, -0.05) is 107 Å². The Kier molecular flexibility index (Phi) is 11.9. The van der Waals surface area contributed by atoms with E-state index in [2.05, 4.69) is 5.32 Å². The van der Waals surface area contributed by atoms with Gasteiger partial charge in [-0.3, -0.25) is 13.9 Å². The molecule has 0 fully saturated rings. The quantitative estimate of drug-likeness (QED) is 0.168. The Labute approximate surface area is 296 Å². The lowest BCUT2D eigenvalue weighted by atomic mass is 10.0. The zero-order valence-electron chi connectivity index (χ0n) is 26.3. The van der Waals surface area contributed by atoms with E-state index >= 15 is 0 Å². The SMILES string of the molecule is Cc1ccc(S(=O)(=O)N(CC(=O)N(Cc2c(Cl)cccc2Cl)[C@@H](Cc2ccccc2)C(=O)NC(C)(C)C)c2cccc(Cl)c2Cl)cc1. The minimum absolute atomic E-state index is 0.00238. The Morgan fingerprint density at radius 3 is 1.96 bits per heavy atom. The zero-order chi connectivity index (χ0) is 34.5. The summed E-state index contributed by atoms with van der Waals surface area (Å²) in [6.07, 6.45) is 0.124. The van der Waals surface area contributed by atoms with Crippen LogP contribution in [0.15, 0.2) is 95.9 Å². The number of benzene rings is 4. The van der Waals surface area contributed by atoms with Crippen molar-refractivity contribution >= 4 is 73.9 Å². The van der Waals surface area contributed by atoms with Crippen LogP contribution in [0.2, 0.25) is 20.1 Å². The van der Waals surface area contributed by atoms with Gasteiger partial charge in [0.15, 0.2) is 0 Å². The summed E-state index contributed by atoms with van der Waals surface area (Å²) in [4.78, 5) is 30.0. The molecule has 0 radical (unpaired) electrons. The Bertz CT molecular complexity index is 1830. The van der Waals surface area contributed by atoms with Gasteiger partial charge in [0, 0.05) is 34.1 Å². The summed E-state index contributed by atoms with van der Waals surface area (Å²) in [6.45, 7) is 6.43. The molecule has 4 aromatic rings. The number of sulfonamides is 1. The highest BCUT2D eigenvalue weighted by atomic mass is 35.5. The summed E-state index contributed by atoms with van der Waals surface area (Å²) in [6, 6.07) is 23.8. The summed E-state index contributed by atoms with van der Waals surface area (Å²) >= 11 is 26.0. The van der Waals surface area contributed by atoms with Crippen LogP contribution >= 0.6 is 46.4 Å². The lowest BCUT2D eigenvalue weighted by Gasteiger charge is -2.35. The molecule has 0 aliphatic heterocycles. The largest absolute Gasteiger partial charge is 0.350 e. The third kappa shape index (κ3) is 9.21. The van der Waals surface area contributed by atoms with Gasteiger partial charge in [-0.05, 0) is 69.7 Å². The molecule has 248 valence electrons. The Hall–Kier alpha value is -3.27. The molecule has 4 rings (SSSR count). The number of halogens is 4. The number of hydrogen-bond donors (Lipinski definition) is 1. The highest BCUT2D eigenvalue weighted by Crippen LogP contribution is 2.36. The van der Waals surface area contributed by atoms with Crippen LogP contribution in [0.4, 0.5) is 5.69 Å². The first kappa shape index (κ1) is 36.6. The molecule has 0 spiro atoms. The Morgan fingerprint density at radius 1 is 0.787 bits per heavy atom. The maximum Gasteiger partial charge on any atom is 0.264 e. The van der Waals surface area contributed by atoms with Gasteiger partial charge in [0.05, 0.1) is 20.6 Å². The van der Waals surface area contributed by atoms with Crippen LogP contribution in [-0.2, 0) is 32.6 Å². The topological polar surface area (TPSA) is 86.8 Å². The minimum Gasteiger partial charge on any atom is -0.350 e. The number of aryl methyl sites for hydroxylation is 1. The van der Waals surface area contributed by atoms with E-state index < -0.39 is 40.0 Å². The normalized spacial score (nSPS) is 12.3. The van der Waals surface area contributed by atoms with Crippen molar-refractivity contribution in [1.29, 1.82) is 0 Å². The van der Waals surface area contributed by atoms with E-state index in [1.54, 1.807) is 36.4 Å². The monoisotopic (exact) mass is 733 g/mol. The predicted octanol–water partition coefficient (Wildman–Crippen LogP) is 8.36. The number of carbonyl (C=O) groups excluding carboxylic acids is 2. The van der Waals surface area contributed by atoms with Crippen molar-refractivity contribution in [3.8, 4) is 0 Å². The molecule has 1 atom stereocenters. The van der Waals surface area contributed by atoms with Crippen LogP contribution < -0.4 is 9.62 Å². The van der Waals surface area contributed by atoms with E-state index in [4.69, 9.17) is 46.4 Å². The highest BCUT2D eigenvalue weighted by Gasteiger charge is 2.37. The van der Waals surface area contributed by atoms with Gasteiger partial charge in [0.1, 0.15) is 12.6 Å². The standard InChI is InChI=1S/C35H35Cl4N3O4S/c1-23-16-18-25(19-17-23)47(45,46)42(30-15-9-14-29(38)33(30)39)22-32(43)41(21-26-27(36)12-8-13-28(26)37)31(34(44)40-35(2,3)4)20-24-10-6-5-7-11-24/h5-19,31H,20-22H2,1-4H3,(H,40,44)/t31-/m0/s1. The molecule has 0 heterocycles. The van der Waals surface area contributed by atoms with Crippen molar-refractivity contribution in [2.75, 3.05) is 10.8 Å². The fraction of sp³-hybridized carbons (Fsp3) is 0.257. The summed E-state index contributed by atoms with van der Waals surface area (Å²) in [5.74, 6) is -1.13. The first-order valence-electron chi connectivity index (χ1n) is 14.7. The van der Waals surface area contributed by atoms with Crippen LogP contribution in [0, 0.1) is 6.92 Å². The van der Waals surface area contributed by atoms with E-state index in [0.29, 0.717) is 5.56 Å². The van der Waals surface area contributed by atoms with Gasteiger partial charge >= 0.3 is 0 Å². The van der Waals surface area contributed by atoms with Crippen LogP contribution in [0.3, 0.4) is 0 Å². The molecule has 0 aromatic heterocycles. The molecule has 4 aromatic carbocycles. The van der Waals surface area contributed by atoms with Crippen LogP contribution in [0.1, 0.15) is 37.5 Å². The van der Waals surface area contributed by atoms with E-state index in [0.717, 1.165) is 15.4 Å². The van der Waals surface area contributed by atoms with Crippen LogP contribution in [-0.4, -0.2) is 43.3 Å². The number of nitrogens with zero attached hydrogens (tertiary/aromatic N) is 2. The van der Waals surface area contributed by atoms with Gasteiger partial charge in [-0.25, -0.2) is 8.42 Å². The summed E-state index contributed by atoms with van der Waals surface area (Å²) < 4.78 is 29.4. The molecular weight excluding hydrogens is 700 g/mol. The summed E-state index contributed by atoms with van der Waals surface area (Å²) in [7, 11) is -4.37. The van der Waals surface area contributed by atoms with E-state index in [1.807, 2.05) is 58.0 Å². The molecule has 47 heavy (non-hydrogen) atoms. The third-order valence-corrected chi connectivity index (χ3v) is 10.5. The maximum absolute atomic E-state index is 14.7. The van der Waals surface area contributed by atoms with E-state index in [1.165, 1.54) is 29.2 Å². The Balaban J connectivity index is 1.88. The van der Waals surface area contributed by atoms with Crippen molar-refractivity contribution < 1.29 is 18.0 Å². The van der Waals surface area contributed by atoms with Gasteiger partial charge in [-0.15, -0.1) is 0 Å². The molecule has 0 aliphatic rings. The van der Waals surface area contributed by atoms with Gasteiger partial charge in [0.2, 0.25) is 11.8 Å². The first-order chi connectivity index (χ1) is 22.1. The molecule has 0 unspecified atom stereocenters. The number of hydrogen-bond acceptors (Lipinski definition) is 4. The molecular formula is C35H35Cl4N3O4S. The molecule has 0 bridgehead atoms. The molecule has 1 N–H and O–H groups in total. The average molecular weight is 736 g/mol. The fourth-order valence-electron chi connectivity index (χ4n) is 4.90. The fourth-order valence-corrected chi connectivity index (χ4v) is 7.29. The number of nitrogens with one attached hydrogen (secondary N) is 1. The molecule has 7 nitrogen and oxygen atoms in total. The minimum atomic E-state index is -4.37. The van der Waals surface area contributed by atoms with E-state index in [9.17, 15) is 18.0 Å². The van der Waals surface area contributed by atoms with Crippen molar-refractivity contribution in [3.05, 3.63) is 128 Å². The Morgan fingerprint density at radius 2 is 1.36 bits per heavy atom. The number of carbonyl (C=O) groups is 2. The lowest BCUT2D eigenvalue weighted by Crippen LogP contribution is -2.56. The predicted molar refractivity (Wildman–Crippen MR) is 191 cm³/mol. The third-order valence-electron chi connectivity index (χ3n) is 7.25. The number of amides is 2. The zero-order valence-corrected chi connectivity index (χ0v) is 30.1. The second kappa shape index (κ2) is 15.3. The lowest BCUT2D eigenvalue weighted by molar-refractivity contribution is -0.140. The van der Waals surface area contributed by atoms with Crippen molar-refractivity contribution in [2.24, 2.45) is 0 Å². The maximum atomic E-state index is 14.7. The smallest absolute Gasteiger partial charge is 0.264 e. The van der Waals surface area contributed by atoms with Gasteiger partial charge < -0.3 is 10.2 Å². The summed E-state index contributed by atoms with van der Waals surface area (Å²) in [5.41, 5.74) is 1.40. The average Bonchev–Trinajstić information content (AvgIpc) is 3.00. The number of anilines is 1. The highest BCUT2D eigenvalue weighted by molar-refractivity contribution is 7.92.